The monoisotopic (exact) mass is 290 g/mol. The van der Waals surface area contributed by atoms with Gasteiger partial charge in [0.2, 0.25) is 5.91 Å². The van der Waals surface area contributed by atoms with Crippen LogP contribution in [0.1, 0.15) is 5.69 Å². The Hall–Kier alpha value is -1.88. The van der Waals surface area contributed by atoms with Crippen LogP contribution < -0.4 is 5.32 Å². The van der Waals surface area contributed by atoms with E-state index in [1.807, 2.05) is 18.2 Å². The van der Waals surface area contributed by atoms with Crippen molar-refractivity contribution in [1.82, 2.24) is 10.3 Å². The molecule has 0 aliphatic carbocycles. The van der Waals surface area contributed by atoms with Gasteiger partial charge in [-0.05, 0) is 24.3 Å². The van der Waals surface area contributed by atoms with Crippen molar-refractivity contribution in [3.8, 4) is 0 Å². The average Bonchev–Trinajstić information content (AvgIpc) is 2.47. The number of benzene rings is 1. The molecule has 1 amide bonds. The van der Waals surface area contributed by atoms with Gasteiger partial charge in [0.1, 0.15) is 5.82 Å². The Morgan fingerprint density at radius 2 is 2.00 bits per heavy atom. The lowest BCUT2D eigenvalue weighted by molar-refractivity contribution is -0.118. The van der Waals surface area contributed by atoms with E-state index in [1.165, 1.54) is 17.8 Å². The second-order valence-corrected chi connectivity index (χ2v) is 5.16. The fourth-order valence-electron chi connectivity index (χ4n) is 1.63. The van der Waals surface area contributed by atoms with Crippen molar-refractivity contribution < 1.29 is 9.18 Å². The summed E-state index contributed by atoms with van der Waals surface area (Å²) in [5.74, 6) is -0.184. The Balaban J connectivity index is 1.70. The quantitative estimate of drug-likeness (QED) is 0.832. The highest BCUT2D eigenvalue weighted by atomic mass is 32.2. The van der Waals surface area contributed by atoms with Gasteiger partial charge in [-0.2, -0.15) is 0 Å². The molecule has 1 aromatic carbocycles. The number of carbonyl (C=O) groups excluding carboxylic acids is 1. The molecule has 1 N–H and O–H groups in total. The van der Waals surface area contributed by atoms with Gasteiger partial charge in [-0.15, -0.1) is 11.8 Å². The molecule has 0 radical (unpaired) electrons. The lowest BCUT2D eigenvalue weighted by Gasteiger charge is -2.05. The zero-order valence-electron chi connectivity index (χ0n) is 10.9. The molecule has 0 spiro atoms. The minimum Gasteiger partial charge on any atom is -0.355 e. The molecular weight excluding hydrogens is 275 g/mol. The average molecular weight is 290 g/mol. The largest absolute Gasteiger partial charge is 0.355 e. The number of pyridine rings is 1. The Morgan fingerprint density at radius 1 is 1.20 bits per heavy atom. The molecular formula is C15H15FN2OS. The highest BCUT2D eigenvalue weighted by Crippen LogP contribution is 2.20. The first-order valence-corrected chi connectivity index (χ1v) is 7.28. The van der Waals surface area contributed by atoms with Crippen molar-refractivity contribution in [2.24, 2.45) is 0 Å². The van der Waals surface area contributed by atoms with E-state index in [2.05, 4.69) is 10.3 Å². The standard InChI is InChI=1S/C15H15FN2OS/c16-13-6-1-2-7-14(13)20-11-15(19)18-10-8-12-5-3-4-9-17-12/h1-7,9H,8,10-11H2,(H,18,19). The topological polar surface area (TPSA) is 42.0 Å². The van der Waals surface area contributed by atoms with Crippen molar-refractivity contribution in [3.63, 3.8) is 0 Å². The number of nitrogens with zero attached hydrogens (tertiary/aromatic N) is 1. The summed E-state index contributed by atoms with van der Waals surface area (Å²) in [5, 5.41) is 2.80. The van der Waals surface area contributed by atoms with Crippen molar-refractivity contribution in [3.05, 3.63) is 60.2 Å². The van der Waals surface area contributed by atoms with Crippen LogP contribution in [0.25, 0.3) is 0 Å². The number of aromatic nitrogens is 1. The first-order valence-electron chi connectivity index (χ1n) is 6.29. The summed E-state index contributed by atoms with van der Waals surface area (Å²) in [6.45, 7) is 0.535. The summed E-state index contributed by atoms with van der Waals surface area (Å²) in [4.78, 5) is 16.3. The molecule has 2 aromatic rings. The van der Waals surface area contributed by atoms with E-state index in [0.29, 0.717) is 17.9 Å². The van der Waals surface area contributed by atoms with Gasteiger partial charge in [-0.3, -0.25) is 9.78 Å². The molecule has 0 atom stereocenters. The van der Waals surface area contributed by atoms with Crippen molar-refractivity contribution in [2.45, 2.75) is 11.3 Å². The van der Waals surface area contributed by atoms with Crippen LogP contribution in [0.15, 0.2) is 53.6 Å². The van der Waals surface area contributed by atoms with Crippen LogP contribution in [-0.4, -0.2) is 23.2 Å². The molecule has 0 aliphatic heterocycles. The van der Waals surface area contributed by atoms with Crippen LogP contribution >= 0.6 is 11.8 Å². The molecule has 0 saturated carbocycles. The first kappa shape index (κ1) is 14.5. The molecule has 0 bridgehead atoms. The molecule has 1 heterocycles. The SMILES string of the molecule is O=C(CSc1ccccc1F)NCCc1ccccn1. The number of amides is 1. The molecule has 0 unspecified atom stereocenters. The Labute approximate surface area is 121 Å². The van der Waals surface area contributed by atoms with E-state index in [4.69, 9.17) is 0 Å². The fourth-order valence-corrected chi connectivity index (χ4v) is 2.40. The fraction of sp³-hybridized carbons (Fsp3) is 0.200. The van der Waals surface area contributed by atoms with Crippen LogP contribution in [0.2, 0.25) is 0 Å². The number of nitrogens with one attached hydrogen (secondary N) is 1. The van der Waals surface area contributed by atoms with E-state index in [-0.39, 0.29) is 17.5 Å². The van der Waals surface area contributed by atoms with Crippen molar-refractivity contribution >= 4 is 17.7 Å². The minimum absolute atomic E-state index is 0.103. The summed E-state index contributed by atoms with van der Waals surface area (Å²) >= 11 is 1.20. The van der Waals surface area contributed by atoms with E-state index >= 15 is 0 Å². The Morgan fingerprint density at radius 3 is 2.75 bits per heavy atom. The third-order valence-corrected chi connectivity index (χ3v) is 3.67. The molecule has 104 valence electrons. The van der Waals surface area contributed by atoms with Crippen LogP contribution in [0.3, 0.4) is 0 Å². The van der Waals surface area contributed by atoms with Gasteiger partial charge in [0, 0.05) is 29.8 Å². The van der Waals surface area contributed by atoms with Crippen LogP contribution in [-0.2, 0) is 11.2 Å². The minimum atomic E-state index is -0.293. The maximum absolute atomic E-state index is 13.4. The molecule has 2 rings (SSSR count). The Bertz CT molecular complexity index is 563. The lowest BCUT2D eigenvalue weighted by atomic mass is 10.3. The van der Waals surface area contributed by atoms with Gasteiger partial charge in [0.05, 0.1) is 5.75 Å². The van der Waals surface area contributed by atoms with E-state index in [9.17, 15) is 9.18 Å². The maximum atomic E-state index is 13.4. The third kappa shape index (κ3) is 4.66. The van der Waals surface area contributed by atoms with Gasteiger partial charge in [0.15, 0.2) is 0 Å². The van der Waals surface area contributed by atoms with E-state index in [1.54, 1.807) is 24.4 Å². The molecule has 0 saturated heterocycles. The van der Waals surface area contributed by atoms with Gasteiger partial charge in [-0.25, -0.2) is 4.39 Å². The van der Waals surface area contributed by atoms with Crippen LogP contribution in [0.4, 0.5) is 4.39 Å². The predicted molar refractivity (Wildman–Crippen MR) is 78.1 cm³/mol. The number of hydrogen-bond acceptors (Lipinski definition) is 3. The summed E-state index contributed by atoms with van der Waals surface area (Å²) < 4.78 is 13.4. The predicted octanol–water partition coefficient (Wildman–Crippen LogP) is 2.67. The number of hydrogen-bond donors (Lipinski definition) is 1. The number of rotatable bonds is 6. The molecule has 5 heteroatoms. The van der Waals surface area contributed by atoms with Crippen molar-refractivity contribution in [2.75, 3.05) is 12.3 Å². The smallest absolute Gasteiger partial charge is 0.230 e. The summed E-state index contributed by atoms with van der Waals surface area (Å²) in [6, 6.07) is 12.1. The van der Waals surface area contributed by atoms with Gasteiger partial charge in [-0.1, -0.05) is 18.2 Å². The van der Waals surface area contributed by atoms with Gasteiger partial charge < -0.3 is 5.32 Å². The number of thioether (sulfide) groups is 1. The number of halogens is 1. The highest BCUT2D eigenvalue weighted by molar-refractivity contribution is 8.00. The van der Waals surface area contributed by atoms with Crippen molar-refractivity contribution in [1.29, 1.82) is 0 Å². The van der Waals surface area contributed by atoms with Gasteiger partial charge in [0.25, 0.3) is 0 Å². The van der Waals surface area contributed by atoms with E-state index in [0.717, 1.165) is 5.69 Å². The first-order chi connectivity index (χ1) is 9.75. The zero-order valence-corrected chi connectivity index (χ0v) is 11.7. The molecule has 20 heavy (non-hydrogen) atoms. The van der Waals surface area contributed by atoms with Crippen LogP contribution in [0.5, 0.6) is 0 Å². The van der Waals surface area contributed by atoms with Crippen LogP contribution in [0, 0.1) is 5.82 Å². The maximum Gasteiger partial charge on any atom is 0.230 e. The summed E-state index contributed by atoms with van der Waals surface area (Å²) in [6.07, 6.45) is 2.42. The second-order valence-electron chi connectivity index (χ2n) is 4.14. The van der Waals surface area contributed by atoms with Gasteiger partial charge >= 0.3 is 0 Å². The summed E-state index contributed by atoms with van der Waals surface area (Å²) in [5.41, 5.74) is 0.939. The number of carbonyl (C=O) groups is 1. The highest BCUT2D eigenvalue weighted by Gasteiger charge is 2.05. The molecule has 0 aliphatic rings. The second kappa shape index (κ2) is 7.65. The zero-order chi connectivity index (χ0) is 14.2. The molecule has 0 fully saturated rings. The lowest BCUT2D eigenvalue weighted by Crippen LogP contribution is -2.27. The van der Waals surface area contributed by atoms with E-state index < -0.39 is 0 Å². The normalized spacial score (nSPS) is 10.2. The third-order valence-electron chi connectivity index (χ3n) is 2.62. The molecule has 3 nitrogen and oxygen atoms in total. The Kier molecular flexibility index (Phi) is 5.55. The summed E-state index contributed by atoms with van der Waals surface area (Å²) in [7, 11) is 0. The molecule has 1 aromatic heterocycles.